The van der Waals surface area contributed by atoms with Gasteiger partial charge in [0.2, 0.25) is 12.2 Å². The summed E-state index contributed by atoms with van der Waals surface area (Å²) in [6.07, 6.45) is 3.01. The Morgan fingerprint density at radius 2 is 2.50 bits per heavy atom. The smallest absolute Gasteiger partial charge is 0.258 e. The maximum Gasteiger partial charge on any atom is 0.258 e. The van der Waals surface area contributed by atoms with Crippen molar-refractivity contribution in [2.75, 3.05) is 0 Å². The Morgan fingerprint density at radius 1 is 1.60 bits per heavy atom. The van der Waals surface area contributed by atoms with Crippen molar-refractivity contribution in [1.82, 2.24) is 5.32 Å². The predicted molar refractivity (Wildman–Crippen MR) is 34.6 cm³/mol. The minimum Gasteiger partial charge on any atom is -0.315 e. The maximum absolute atomic E-state index is 10.9. The largest absolute Gasteiger partial charge is 0.315 e. The number of fused-ring (bicyclic) bond motifs is 1. The number of nitrogens with two attached hydrogens (primary N) is 1. The normalized spacial score (nSPS) is 35.8. The van der Waals surface area contributed by atoms with Gasteiger partial charge in [-0.15, -0.1) is 0 Å². The molecule has 10 heavy (non-hydrogen) atoms. The molecule has 0 saturated carbocycles. The average molecular weight is 139 g/mol. The van der Waals surface area contributed by atoms with E-state index in [0.717, 1.165) is 0 Å². The van der Waals surface area contributed by atoms with Gasteiger partial charge in [0.1, 0.15) is 0 Å². The summed E-state index contributed by atoms with van der Waals surface area (Å²) in [6.45, 7) is 0. The van der Waals surface area contributed by atoms with Gasteiger partial charge in [0.25, 0.3) is 5.91 Å². The third kappa shape index (κ3) is 0.640. The molecule has 0 bridgehead atoms. The molecular formula is C5H7N4O+. The van der Waals surface area contributed by atoms with E-state index < -0.39 is 0 Å². The lowest BCUT2D eigenvalue weighted by Gasteiger charge is -2.13. The van der Waals surface area contributed by atoms with Crippen molar-refractivity contribution in [3.05, 3.63) is 0 Å². The number of nitrogens with one attached hydrogen (secondary N) is 1. The second kappa shape index (κ2) is 1.88. The van der Waals surface area contributed by atoms with Crippen LogP contribution in [0.2, 0.25) is 0 Å². The van der Waals surface area contributed by atoms with Gasteiger partial charge in [-0.1, -0.05) is 0 Å². The summed E-state index contributed by atoms with van der Waals surface area (Å²) in [7, 11) is 0. The van der Waals surface area contributed by atoms with Crippen molar-refractivity contribution in [2.24, 2.45) is 9.98 Å². The van der Waals surface area contributed by atoms with Crippen molar-refractivity contribution >= 4 is 18.6 Å². The summed E-state index contributed by atoms with van der Waals surface area (Å²) in [4.78, 5) is 18.9. The lowest BCUT2D eigenvalue weighted by atomic mass is 10.2. The second-order valence-corrected chi connectivity index (χ2v) is 2.21. The number of carbonyl (C=O) groups excluding carboxylic acids is 1. The van der Waals surface area contributed by atoms with Crippen LogP contribution in [0, 0.1) is 0 Å². The predicted octanol–water partition coefficient (Wildman–Crippen LogP) is -2.56. The zero-order valence-corrected chi connectivity index (χ0v) is 5.19. The Bertz CT molecular complexity index is 222. The maximum atomic E-state index is 10.9. The number of hydrogen-bond acceptors (Lipinski definition) is 3. The van der Waals surface area contributed by atoms with Crippen LogP contribution in [-0.2, 0) is 4.79 Å². The molecule has 0 aliphatic carbocycles. The van der Waals surface area contributed by atoms with E-state index in [4.69, 9.17) is 0 Å². The number of nitrogens with zero attached hydrogens (tertiary/aromatic N) is 2. The molecule has 1 amide bonds. The first-order chi connectivity index (χ1) is 4.88. The highest BCUT2D eigenvalue weighted by atomic mass is 16.2. The molecule has 0 saturated heterocycles. The summed E-state index contributed by atoms with van der Waals surface area (Å²) >= 11 is 0. The lowest BCUT2D eigenvalue weighted by molar-refractivity contribution is -0.561. The molecule has 0 aromatic rings. The fraction of sp³-hybridized carbons (Fsp3) is 0.400. The number of rotatable bonds is 0. The first kappa shape index (κ1) is 5.55. The van der Waals surface area contributed by atoms with Gasteiger partial charge in [-0.25, -0.2) is 9.98 Å². The summed E-state index contributed by atoms with van der Waals surface area (Å²) in [5.74, 6) is -0.0648. The van der Waals surface area contributed by atoms with E-state index in [-0.39, 0.29) is 18.1 Å². The van der Waals surface area contributed by atoms with Gasteiger partial charge < -0.3 is 5.32 Å². The van der Waals surface area contributed by atoms with Crippen LogP contribution >= 0.6 is 0 Å². The van der Waals surface area contributed by atoms with Crippen LogP contribution in [0.5, 0.6) is 0 Å². The van der Waals surface area contributed by atoms with E-state index in [1.165, 1.54) is 6.34 Å². The van der Waals surface area contributed by atoms with Crippen LogP contribution in [0.3, 0.4) is 0 Å². The van der Waals surface area contributed by atoms with Crippen LogP contribution in [-0.4, -0.2) is 30.8 Å². The van der Waals surface area contributed by atoms with Gasteiger partial charge >= 0.3 is 0 Å². The molecule has 2 rings (SSSR count). The zero-order valence-electron chi connectivity index (χ0n) is 5.19. The standard InChI is InChI=1S/C5H6N4O/c10-5-3-4(7-1-6-3)8-2-9-5/h1-4H,(H,6,7)(H,8,9,10)/p+1. The third-order valence-electron chi connectivity index (χ3n) is 1.58. The van der Waals surface area contributed by atoms with Crippen molar-refractivity contribution in [3.8, 4) is 0 Å². The molecule has 0 fully saturated rings. The molecule has 52 valence electrons. The molecule has 0 spiro atoms. The number of hydrogen-bond donors (Lipinski definition) is 2. The molecule has 2 unspecified atom stereocenters. The van der Waals surface area contributed by atoms with E-state index in [1.54, 1.807) is 6.34 Å². The zero-order chi connectivity index (χ0) is 6.97. The van der Waals surface area contributed by atoms with Crippen molar-refractivity contribution in [1.29, 1.82) is 0 Å². The molecule has 0 radical (unpaired) electrons. The molecule has 2 atom stereocenters. The van der Waals surface area contributed by atoms with E-state index in [9.17, 15) is 4.79 Å². The van der Waals surface area contributed by atoms with Crippen molar-refractivity contribution in [3.63, 3.8) is 0 Å². The monoisotopic (exact) mass is 139 g/mol. The van der Waals surface area contributed by atoms with Crippen LogP contribution in [0.4, 0.5) is 0 Å². The summed E-state index contributed by atoms with van der Waals surface area (Å²) < 4.78 is 0. The molecule has 2 aliphatic rings. The fourth-order valence-corrected chi connectivity index (χ4v) is 1.05. The van der Waals surface area contributed by atoms with Gasteiger partial charge in [0.15, 0.2) is 6.34 Å². The Hall–Kier alpha value is -1.23. The van der Waals surface area contributed by atoms with Crippen LogP contribution in [0.15, 0.2) is 9.98 Å². The Morgan fingerprint density at radius 3 is 3.30 bits per heavy atom. The van der Waals surface area contributed by atoms with E-state index in [1.807, 2.05) is 5.32 Å². The van der Waals surface area contributed by atoms with Gasteiger partial charge in [0.05, 0.1) is 6.34 Å². The highest BCUT2D eigenvalue weighted by molar-refractivity contribution is 5.94. The molecule has 2 heterocycles. The quantitative estimate of drug-likeness (QED) is 0.381. The molecular weight excluding hydrogens is 132 g/mol. The van der Waals surface area contributed by atoms with Crippen LogP contribution < -0.4 is 10.6 Å². The number of quaternary nitrogens is 1. The van der Waals surface area contributed by atoms with Gasteiger partial charge in [-0.3, -0.25) is 10.1 Å². The SMILES string of the molecule is O=C1NC=NC2[NH2+]C=NC12. The summed E-state index contributed by atoms with van der Waals surface area (Å²) in [5, 5.41) is 4.31. The fourth-order valence-electron chi connectivity index (χ4n) is 1.05. The van der Waals surface area contributed by atoms with Crippen molar-refractivity contribution < 1.29 is 10.1 Å². The molecule has 5 nitrogen and oxygen atoms in total. The number of amides is 1. The highest BCUT2D eigenvalue weighted by Crippen LogP contribution is 2.01. The van der Waals surface area contributed by atoms with E-state index >= 15 is 0 Å². The van der Waals surface area contributed by atoms with Crippen LogP contribution in [0.25, 0.3) is 0 Å². The topological polar surface area (TPSA) is 70.4 Å². The van der Waals surface area contributed by atoms with E-state index in [2.05, 4.69) is 15.3 Å². The Balaban J connectivity index is 2.28. The van der Waals surface area contributed by atoms with E-state index in [0.29, 0.717) is 0 Å². The second-order valence-electron chi connectivity index (χ2n) is 2.21. The molecule has 0 aromatic heterocycles. The van der Waals surface area contributed by atoms with Gasteiger partial charge in [-0.05, 0) is 0 Å². The number of carbonyl (C=O) groups is 1. The lowest BCUT2D eigenvalue weighted by Crippen LogP contribution is -2.88. The molecule has 2 aliphatic heterocycles. The Kier molecular flexibility index (Phi) is 1.04. The first-order valence-corrected chi connectivity index (χ1v) is 3.06. The third-order valence-corrected chi connectivity index (χ3v) is 1.58. The van der Waals surface area contributed by atoms with Gasteiger partial charge in [-0.2, -0.15) is 0 Å². The molecule has 0 aromatic carbocycles. The number of aliphatic imine (C=N–C) groups is 2. The minimum absolute atomic E-state index is 0.0475. The average Bonchev–Trinajstić information content (AvgIpc) is 2.36. The summed E-state index contributed by atoms with van der Waals surface area (Å²) in [5.41, 5.74) is 0. The van der Waals surface area contributed by atoms with Crippen LogP contribution in [0.1, 0.15) is 0 Å². The molecule has 5 heteroatoms. The Labute approximate surface area is 57.2 Å². The van der Waals surface area contributed by atoms with Crippen molar-refractivity contribution in [2.45, 2.75) is 12.2 Å². The first-order valence-electron chi connectivity index (χ1n) is 3.06. The highest BCUT2D eigenvalue weighted by Gasteiger charge is 2.35. The minimum atomic E-state index is -0.301. The summed E-state index contributed by atoms with van der Waals surface area (Å²) in [6, 6.07) is -0.301. The van der Waals surface area contributed by atoms with Gasteiger partial charge in [0, 0.05) is 0 Å². The molecule has 3 N–H and O–H groups in total.